The normalized spacial score (nSPS) is 22.0. The summed E-state index contributed by atoms with van der Waals surface area (Å²) in [6, 6.07) is 5.09. The lowest BCUT2D eigenvalue weighted by atomic mass is 10.1. The van der Waals surface area contributed by atoms with Crippen molar-refractivity contribution in [1.82, 2.24) is 19.8 Å². The monoisotopic (exact) mass is 370 g/mol. The summed E-state index contributed by atoms with van der Waals surface area (Å²) in [7, 11) is 1.67. The number of rotatable bonds is 3. The van der Waals surface area contributed by atoms with E-state index >= 15 is 0 Å². The average Bonchev–Trinajstić information content (AvgIpc) is 2.52. The molecular weight excluding hydrogens is 355 g/mol. The lowest BCUT2D eigenvalue weighted by Crippen LogP contribution is -2.70. The molecule has 2 fully saturated rings. The van der Waals surface area contributed by atoms with Gasteiger partial charge in [0.15, 0.2) is 0 Å². The fraction of sp³-hybridized carbons (Fsp3) is 0.400. The number of amides is 3. The third-order valence-electron chi connectivity index (χ3n) is 4.27. The van der Waals surface area contributed by atoms with Crippen LogP contribution in [0, 0.1) is 0 Å². The molecule has 0 N–H and O–H groups in total. The van der Waals surface area contributed by atoms with Crippen LogP contribution in [0.4, 0.5) is 0 Å². The van der Waals surface area contributed by atoms with E-state index in [0.717, 1.165) is 5.56 Å². The van der Waals surface area contributed by atoms with Crippen molar-refractivity contribution in [2.75, 3.05) is 26.7 Å². The van der Waals surface area contributed by atoms with Crippen molar-refractivity contribution in [1.29, 1.82) is 0 Å². The number of carbonyl (C=O) groups is 3. The van der Waals surface area contributed by atoms with Gasteiger partial charge in [-0.1, -0.05) is 29.3 Å². The maximum atomic E-state index is 12.4. The predicted octanol–water partition coefficient (Wildman–Crippen LogP) is 0.809. The number of hydrogen-bond donors (Lipinski definition) is 0. The molecule has 1 unspecified atom stereocenters. The Hall–Kier alpha value is -1.83. The standard InChI is InChI=1S/C15H16Cl2N4O3/c1-18-7-15(24)20-8-14(23)19(6-13(20)21(18)9-22)5-10-2-3-11(16)4-12(10)17/h2-4,9,13H,5-8H2,1H3. The Morgan fingerprint density at radius 3 is 2.62 bits per heavy atom. The van der Waals surface area contributed by atoms with Crippen molar-refractivity contribution >= 4 is 41.4 Å². The maximum absolute atomic E-state index is 12.4. The van der Waals surface area contributed by atoms with Crippen molar-refractivity contribution in [2.45, 2.75) is 12.7 Å². The first kappa shape index (κ1) is 17.0. The van der Waals surface area contributed by atoms with Crippen molar-refractivity contribution in [3.05, 3.63) is 33.8 Å². The van der Waals surface area contributed by atoms with E-state index in [-0.39, 0.29) is 31.4 Å². The van der Waals surface area contributed by atoms with Crippen LogP contribution < -0.4 is 0 Å². The van der Waals surface area contributed by atoms with Gasteiger partial charge in [-0.05, 0) is 17.7 Å². The number of carbonyl (C=O) groups excluding carboxylic acids is 3. The number of piperazine rings is 1. The summed E-state index contributed by atoms with van der Waals surface area (Å²) in [5.74, 6) is -0.348. The van der Waals surface area contributed by atoms with Gasteiger partial charge in [-0.3, -0.25) is 19.4 Å². The minimum absolute atomic E-state index is 0.0487. The Morgan fingerprint density at radius 1 is 1.21 bits per heavy atom. The molecule has 0 spiro atoms. The molecule has 2 heterocycles. The van der Waals surface area contributed by atoms with Gasteiger partial charge in [0.2, 0.25) is 18.2 Å². The summed E-state index contributed by atoms with van der Waals surface area (Å²) in [6.07, 6.45) is 0.172. The van der Waals surface area contributed by atoms with Crippen LogP contribution in [0.15, 0.2) is 18.2 Å². The fourth-order valence-corrected chi connectivity index (χ4v) is 3.45. The average molecular weight is 371 g/mol. The molecule has 0 aliphatic carbocycles. The second kappa shape index (κ2) is 6.58. The second-order valence-electron chi connectivity index (χ2n) is 5.81. The molecule has 2 aliphatic rings. The minimum atomic E-state index is -0.502. The zero-order valence-electron chi connectivity index (χ0n) is 13.0. The molecule has 2 saturated heterocycles. The van der Waals surface area contributed by atoms with Gasteiger partial charge in [0.05, 0.1) is 13.1 Å². The van der Waals surface area contributed by atoms with E-state index in [1.165, 1.54) is 9.91 Å². The Labute approximate surface area is 149 Å². The van der Waals surface area contributed by atoms with Crippen LogP contribution in [0.5, 0.6) is 0 Å². The Kier molecular flexibility index (Phi) is 4.67. The summed E-state index contributed by atoms with van der Waals surface area (Å²) >= 11 is 12.1. The number of benzene rings is 1. The van der Waals surface area contributed by atoms with E-state index in [4.69, 9.17) is 23.2 Å². The summed E-state index contributed by atoms with van der Waals surface area (Å²) in [6.45, 7) is 0.550. The minimum Gasteiger partial charge on any atom is -0.333 e. The van der Waals surface area contributed by atoms with Gasteiger partial charge < -0.3 is 9.80 Å². The SMILES string of the molecule is CN1CC(=O)N2CC(=O)N(Cc3ccc(Cl)cc3Cl)CC2N1C=O. The summed E-state index contributed by atoms with van der Waals surface area (Å²) in [4.78, 5) is 38.9. The zero-order valence-corrected chi connectivity index (χ0v) is 14.5. The van der Waals surface area contributed by atoms with Crippen molar-refractivity contribution in [3.63, 3.8) is 0 Å². The van der Waals surface area contributed by atoms with Crippen LogP contribution in [0.2, 0.25) is 10.0 Å². The molecule has 24 heavy (non-hydrogen) atoms. The van der Waals surface area contributed by atoms with Crippen molar-refractivity contribution in [3.8, 4) is 0 Å². The molecule has 1 aromatic carbocycles. The number of hydrogen-bond acceptors (Lipinski definition) is 4. The molecule has 1 aromatic rings. The molecular formula is C15H16Cl2N4O3. The summed E-state index contributed by atoms with van der Waals surface area (Å²) in [5, 5.41) is 3.98. The van der Waals surface area contributed by atoms with Crippen LogP contribution >= 0.6 is 23.2 Å². The van der Waals surface area contributed by atoms with Gasteiger partial charge in [-0.2, -0.15) is 0 Å². The highest BCUT2D eigenvalue weighted by Gasteiger charge is 2.43. The molecule has 0 aromatic heterocycles. The van der Waals surface area contributed by atoms with Crippen LogP contribution in [0.25, 0.3) is 0 Å². The molecule has 0 saturated carbocycles. The van der Waals surface area contributed by atoms with E-state index in [1.54, 1.807) is 35.2 Å². The first-order valence-corrected chi connectivity index (χ1v) is 8.12. The van der Waals surface area contributed by atoms with E-state index in [2.05, 4.69) is 0 Å². The quantitative estimate of drug-likeness (QED) is 0.738. The first-order chi connectivity index (χ1) is 11.4. The lowest BCUT2D eigenvalue weighted by Gasteiger charge is -2.50. The van der Waals surface area contributed by atoms with Crippen LogP contribution in [0.3, 0.4) is 0 Å². The molecule has 9 heteroatoms. The van der Waals surface area contributed by atoms with Crippen LogP contribution in [0.1, 0.15) is 5.56 Å². The predicted molar refractivity (Wildman–Crippen MR) is 87.9 cm³/mol. The first-order valence-electron chi connectivity index (χ1n) is 7.36. The fourth-order valence-electron chi connectivity index (χ4n) is 2.98. The zero-order chi connectivity index (χ0) is 17.4. The molecule has 3 amide bonds. The second-order valence-corrected chi connectivity index (χ2v) is 6.66. The molecule has 2 aliphatic heterocycles. The van der Waals surface area contributed by atoms with Gasteiger partial charge >= 0.3 is 0 Å². The third-order valence-corrected chi connectivity index (χ3v) is 4.86. The van der Waals surface area contributed by atoms with Gasteiger partial charge in [0, 0.05) is 23.6 Å². The largest absolute Gasteiger partial charge is 0.333 e. The highest BCUT2D eigenvalue weighted by Crippen LogP contribution is 2.25. The van der Waals surface area contributed by atoms with E-state index < -0.39 is 6.17 Å². The van der Waals surface area contributed by atoms with Crippen molar-refractivity contribution in [2.24, 2.45) is 0 Å². The third kappa shape index (κ3) is 3.07. The molecule has 0 radical (unpaired) electrons. The van der Waals surface area contributed by atoms with E-state index in [9.17, 15) is 14.4 Å². The van der Waals surface area contributed by atoms with Crippen molar-refractivity contribution < 1.29 is 14.4 Å². The molecule has 0 bridgehead atoms. The Balaban J connectivity index is 1.82. The Bertz CT molecular complexity index is 699. The smallest absolute Gasteiger partial charge is 0.242 e. The van der Waals surface area contributed by atoms with Crippen LogP contribution in [-0.4, -0.2) is 70.9 Å². The van der Waals surface area contributed by atoms with Crippen LogP contribution in [-0.2, 0) is 20.9 Å². The summed E-state index contributed by atoms with van der Waals surface area (Å²) in [5.41, 5.74) is 0.760. The lowest BCUT2D eigenvalue weighted by molar-refractivity contribution is -0.189. The van der Waals surface area contributed by atoms with Gasteiger partial charge in [-0.25, -0.2) is 5.01 Å². The number of nitrogens with zero attached hydrogens (tertiary/aromatic N) is 4. The number of likely N-dealkylation sites (N-methyl/N-ethyl adjacent to an activating group) is 1. The highest BCUT2D eigenvalue weighted by atomic mass is 35.5. The van der Waals surface area contributed by atoms with Gasteiger partial charge in [0.1, 0.15) is 12.7 Å². The Morgan fingerprint density at radius 2 is 1.96 bits per heavy atom. The number of hydrazine groups is 1. The molecule has 1 atom stereocenters. The summed E-state index contributed by atoms with van der Waals surface area (Å²) < 4.78 is 0. The topological polar surface area (TPSA) is 64.2 Å². The number of fused-ring (bicyclic) bond motifs is 1. The molecule has 7 nitrogen and oxygen atoms in total. The molecule has 128 valence electrons. The van der Waals surface area contributed by atoms with E-state index in [1.807, 2.05) is 0 Å². The van der Waals surface area contributed by atoms with Gasteiger partial charge in [-0.15, -0.1) is 0 Å². The van der Waals surface area contributed by atoms with Gasteiger partial charge in [0.25, 0.3) is 0 Å². The van der Waals surface area contributed by atoms with E-state index in [0.29, 0.717) is 23.0 Å². The molecule has 3 rings (SSSR count). The number of halogens is 2. The maximum Gasteiger partial charge on any atom is 0.242 e. The highest BCUT2D eigenvalue weighted by molar-refractivity contribution is 6.35.